The topological polar surface area (TPSA) is 53.1 Å². The molecule has 1 aromatic heterocycles. The van der Waals surface area contributed by atoms with Gasteiger partial charge in [-0.05, 0) is 47.3 Å². The maximum absolute atomic E-state index is 5.87. The molecule has 1 unspecified atom stereocenters. The van der Waals surface area contributed by atoms with Crippen molar-refractivity contribution in [1.29, 1.82) is 0 Å². The summed E-state index contributed by atoms with van der Waals surface area (Å²) in [6.45, 7) is 0.827. The van der Waals surface area contributed by atoms with E-state index in [0.29, 0.717) is 0 Å². The first kappa shape index (κ1) is 11.0. The zero-order valence-corrected chi connectivity index (χ0v) is 11.0. The lowest BCUT2D eigenvalue weighted by molar-refractivity contribution is -0.0295. The van der Waals surface area contributed by atoms with E-state index >= 15 is 0 Å². The van der Waals surface area contributed by atoms with Gasteiger partial charge in [0.25, 0.3) is 0 Å². The van der Waals surface area contributed by atoms with E-state index in [1.165, 1.54) is 6.42 Å². The Morgan fingerprint density at radius 3 is 3.06 bits per heavy atom. The average molecular weight is 296 g/mol. The van der Waals surface area contributed by atoms with Gasteiger partial charge in [0, 0.05) is 16.8 Å². The van der Waals surface area contributed by atoms with Crippen molar-refractivity contribution in [3.63, 3.8) is 0 Å². The predicted molar refractivity (Wildman–Crippen MR) is 70.7 cm³/mol. The Balaban J connectivity index is 2.10. The number of aromatic nitrogens is 2. The van der Waals surface area contributed by atoms with Crippen LogP contribution < -0.4 is 5.73 Å². The number of hydrogen-bond donors (Lipinski definition) is 1. The van der Waals surface area contributed by atoms with Crippen molar-refractivity contribution < 1.29 is 4.74 Å². The molecule has 2 aromatic rings. The van der Waals surface area contributed by atoms with Gasteiger partial charge in [-0.25, -0.2) is 4.98 Å². The predicted octanol–water partition coefficient (Wildman–Crippen LogP) is 3.08. The maximum Gasteiger partial charge on any atom is 0.135 e. The summed E-state index contributed by atoms with van der Waals surface area (Å²) in [4.78, 5) is 4.42. The highest BCUT2D eigenvalue weighted by atomic mass is 79.9. The number of ether oxygens (including phenoxy) is 1. The van der Waals surface area contributed by atoms with E-state index in [1.54, 1.807) is 0 Å². The van der Waals surface area contributed by atoms with E-state index < -0.39 is 0 Å². The van der Waals surface area contributed by atoms with Crippen LogP contribution in [0.15, 0.2) is 22.9 Å². The number of halogens is 1. The van der Waals surface area contributed by atoms with Crippen molar-refractivity contribution in [1.82, 2.24) is 9.55 Å². The summed E-state index contributed by atoms with van der Waals surface area (Å²) in [5.41, 5.74) is 8.58. The number of nitrogens with two attached hydrogens (primary N) is 1. The number of anilines is 1. The standard InChI is InChI=1S/C12H14BrN3O/c13-9-5-8(14)6-10-12(9)15-7-16(10)11-3-1-2-4-17-11/h5-7,11H,1-4,14H2. The molecule has 0 radical (unpaired) electrons. The lowest BCUT2D eigenvalue weighted by atomic mass is 10.2. The number of nitrogen functional groups attached to an aromatic ring is 1. The molecule has 2 heterocycles. The molecule has 3 rings (SSSR count). The summed E-state index contributed by atoms with van der Waals surface area (Å²) in [5.74, 6) is 0. The maximum atomic E-state index is 5.87. The molecule has 1 saturated heterocycles. The summed E-state index contributed by atoms with van der Waals surface area (Å²) < 4.78 is 8.79. The first-order valence-corrected chi connectivity index (χ1v) is 6.58. The number of hydrogen-bond acceptors (Lipinski definition) is 3. The fourth-order valence-corrected chi connectivity index (χ4v) is 2.85. The lowest BCUT2D eigenvalue weighted by Crippen LogP contribution is -2.17. The highest BCUT2D eigenvalue weighted by Crippen LogP contribution is 2.31. The third-order valence-corrected chi connectivity index (χ3v) is 3.73. The van der Waals surface area contributed by atoms with Crippen LogP contribution >= 0.6 is 15.9 Å². The van der Waals surface area contributed by atoms with E-state index in [0.717, 1.165) is 40.6 Å². The minimum atomic E-state index is 0.0995. The molecule has 17 heavy (non-hydrogen) atoms. The van der Waals surface area contributed by atoms with Crippen molar-refractivity contribution in [3.05, 3.63) is 22.9 Å². The van der Waals surface area contributed by atoms with Crippen LogP contribution in [0, 0.1) is 0 Å². The van der Waals surface area contributed by atoms with Gasteiger partial charge in [0.15, 0.2) is 0 Å². The van der Waals surface area contributed by atoms with Crippen molar-refractivity contribution in [3.8, 4) is 0 Å². The molecule has 2 N–H and O–H groups in total. The summed E-state index contributed by atoms with van der Waals surface area (Å²) >= 11 is 3.49. The van der Waals surface area contributed by atoms with Crippen LogP contribution in [0.5, 0.6) is 0 Å². The van der Waals surface area contributed by atoms with Crippen LogP contribution in [-0.2, 0) is 4.74 Å². The summed E-state index contributed by atoms with van der Waals surface area (Å²) in [6, 6.07) is 3.83. The van der Waals surface area contributed by atoms with E-state index in [2.05, 4.69) is 25.5 Å². The number of fused-ring (bicyclic) bond motifs is 1. The van der Waals surface area contributed by atoms with Crippen LogP contribution in [0.2, 0.25) is 0 Å². The molecule has 1 aliphatic heterocycles. The quantitative estimate of drug-likeness (QED) is 0.823. The molecular formula is C12H14BrN3O. The van der Waals surface area contributed by atoms with Crippen molar-refractivity contribution in [2.24, 2.45) is 0 Å². The molecule has 0 saturated carbocycles. The van der Waals surface area contributed by atoms with Gasteiger partial charge in [0.2, 0.25) is 0 Å². The largest absolute Gasteiger partial charge is 0.399 e. The second-order valence-electron chi connectivity index (χ2n) is 4.34. The molecule has 1 aliphatic rings. The smallest absolute Gasteiger partial charge is 0.135 e. The Bertz CT molecular complexity index is 546. The van der Waals surface area contributed by atoms with Gasteiger partial charge in [-0.15, -0.1) is 0 Å². The van der Waals surface area contributed by atoms with Crippen LogP contribution in [0.1, 0.15) is 25.5 Å². The van der Waals surface area contributed by atoms with Crippen molar-refractivity contribution in [2.75, 3.05) is 12.3 Å². The normalized spacial score (nSPS) is 20.9. The Morgan fingerprint density at radius 1 is 1.41 bits per heavy atom. The molecule has 0 amide bonds. The van der Waals surface area contributed by atoms with E-state index in [-0.39, 0.29) is 6.23 Å². The molecular weight excluding hydrogens is 282 g/mol. The molecule has 1 fully saturated rings. The number of nitrogens with zero attached hydrogens (tertiary/aromatic N) is 2. The van der Waals surface area contributed by atoms with Gasteiger partial charge >= 0.3 is 0 Å². The van der Waals surface area contributed by atoms with Crippen LogP contribution in [-0.4, -0.2) is 16.2 Å². The van der Waals surface area contributed by atoms with E-state index in [9.17, 15) is 0 Å². The Labute approximate surface area is 108 Å². The van der Waals surface area contributed by atoms with Crippen molar-refractivity contribution in [2.45, 2.75) is 25.5 Å². The van der Waals surface area contributed by atoms with E-state index in [4.69, 9.17) is 10.5 Å². The third-order valence-electron chi connectivity index (χ3n) is 3.12. The summed E-state index contributed by atoms with van der Waals surface area (Å²) in [7, 11) is 0. The first-order valence-electron chi connectivity index (χ1n) is 5.79. The minimum absolute atomic E-state index is 0.0995. The van der Waals surface area contributed by atoms with Gasteiger partial charge in [0.1, 0.15) is 11.7 Å². The SMILES string of the molecule is Nc1cc(Br)c2ncn(C3CCCCO3)c2c1. The van der Waals surface area contributed by atoms with E-state index in [1.807, 2.05) is 18.5 Å². The fraction of sp³-hybridized carbons (Fsp3) is 0.417. The molecule has 0 spiro atoms. The van der Waals surface area contributed by atoms with Crippen LogP contribution in [0.4, 0.5) is 5.69 Å². The van der Waals surface area contributed by atoms with Gasteiger partial charge in [-0.2, -0.15) is 0 Å². The van der Waals surface area contributed by atoms with Gasteiger partial charge in [-0.3, -0.25) is 0 Å². The molecule has 4 nitrogen and oxygen atoms in total. The second kappa shape index (κ2) is 4.31. The van der Waals surface area contributed by atoms with Gasteiger partial charge in [-0.1, -0.05) is 0 Å². The summed E-state index contributed by atoms with van der Waals surface area (Å²) in [5, 5.41) is 0. The highest BCUT2D eigenvalue weighted by molar-refractivity contribution is 9.10. The fourth-order valence-electron chi connectivity index (χ4n) is 2.28. The second-order valence-corrected chi connectivity index (χ2v) is 5.20. The average Bonchev–Trinajstić information content (AvgIpc) is 2.74. The molecule has 0 aliphatic carbocycles. The number of imidazole rings is 1. The first-order chi connectivity index (χ1) is 8.25. The van der Waals surface area contributed by atoms with Crippen molar-refractivity contribution >= 4 is 32.7 Å². The minimum Gasteiger partial charge on any atom is -0.399 e. The number of benzene rings is 1. The number of rotatable bonds is 1. The zero-order valence-electron chi connectivity index (χ0n) is 9.40. The Hall–Kier alpha value is -1.07. The Kier molecular flexibility index (Phi) is 2.80. The zero-order chi connectivity index (χ0) is 11.8. The molecule has 1 atom stereocenters. The molecule has 5 heteroatoms. The molecule has 1 aromatic carbocycles. The highest BCUT2D eigenvalue weighted by Gasteiger charge is 2.18. The lowest BCUT2D eigenvalue weighted by Gasteiger charge is -2.24. The van der Waals surface area contributed by atoms with Gasteiger partial charge < -0.3 is 15.0 Å². The molecule has 0 bridgehead atoms. The van der Waals surface area contributed by atoms with Crippen LogP contribution in [0.3, 0.4) is 0 Å². The van der Waals surface area contributed by atoms with Gasteiger partial charge in [0.05, 0.1) is 11.8 Å². The third kappa shape index (κ3) is 1.93. The van der Waals surface area contributed by atoms with Crippen LogP contribution in [0.25, 0.3) is 11.0 Å². The Morgan fingerprint density at radius 2 is 2.29 bits per heavy atom. The monoisotopic (exact) mass is 295 g/mol. The summed E-state index contributed by atoms with van der Waals surface area (Å²) in [6.07, 6.45) is 5.33. The molecule has 90 valence electrons.